The van der Waals surface area contributed by atoms with Gasteiger partial charge in [-0.1, -0.05) is 18.2 Å². The van der Waals surface area contributed by atoms with E-state index in [9.17, 15) is 13.6 Å². The van der Waals surface area contributed by atoms with Gasteiger partial charge in [0.25, 0.3) is 5.91 Å². The number of nitrogens with one attached hydrogen (secondary N) is 2. The fourth-order valence-corrected chi connectivity index (χ4v) is 1.17. The molecule has 0 saturated heterocycles. The van der Waals surface area contributed by atoms with E-state index in [2.05, 4.69) is 10.6 Å². The second-order valence-electron chi connectivity index (χ2n) is 2.98. The van der Waals surface area contributed by atoms with Crippen molar-refractivity contribution in [1.82, 2.24) is 5.32 Å². The third-order valence-electron chi connectivity index (χ3n) is 1.84. The summed E-state index contributed by atoms with van der Waals surface area (Å²) in [7, 11) is 1.74. The van der Waals surface area contributed by atoms with Gasteiger partial charge in [-0.15, -0.1) is 0 Å². The van der Waals surface area contributed by atoms with E-state index in [-0.39, 0.29) is 0 Å². The zero-order valence-corrected chi connectivity index (χ0v) is 8.26. The van der Waals surface area contributed by atoms with Crippen LogP contribution in [0.15, 0.2) is 24.3 Å². The van der Waals surface area contributed by atoms with Gasteiger partial charge in [0.2, 0.25) is 0 Å². The number of rotatable bonds is 4. The van der Waals surface area contributed by atoms with E-state index in [0.29, 0.717) is 12.2 Å². The fraction of sp³-hybridized carbons (Fsp3) is 0.300. The molecule has 0 saturated carbocycles. The maximum atomic E-state index is 12.0. The first kappa shape index (κ1) is 11.6. The summed E-state index contributed by atoms with van der Waals surface area (Å²) in [5, 5.41) is 5.05. The van der Waals surface area contributed by atoms with Crippen LogP contribution in [0.4, 0.5) is 14.5 Å². The number of hydrogen-bond acceptors (Lipinski definition) is 2. The highest BCUT2D eigenvalue weighted by atomic mass is 19.3. The summed E-state index contributed by atoms with van der Waals surface area (Å²) in [5.41, 5.74) is 1.19. The Labute approximate surface area is 86.5 Å². The maximum absolute atomic E-state index is 12.0. The smallest absolute Gasteiger partial charge is 0.315 e. The molecule has 0 aliphatic heterocycles. The molecule has 0 heterocycles. The third-order valence-corrected chi connectivity index (χ3v) is 1.84. The van der Waals surface area contributed by atoms with E-state index in [0.717, 1.165) is 5.56 Å². The molecule has 0 aromatic heterocycles. The summed E-state index contributed by atoms with van der Waals surface area (Å²) >= 11 is 0. The molecule has 0 aliphatic rings. The Kier molecular flexibility index (Phi) is 4.17. The molecule has 1 amide bonds. The van der Waals surface area contributed by atoms with Gasteiger partial charge in [0, 0.05) is 12.2 Å². The lowest BCUT2D eigenvalue weighted by molar-refractivity contribution is -0.126. The quantitative estimate of drug-likeness (QED) is 0.799. The lowest BCUT2D eigenvalue weighted by Gasteiger charge is -2.09. The zero-order valence-electron chi connectivity index (χ0n) is 8.26. The van der Waals surface area contributed by atoms with Crippen LogP contribution in [0.25, 0.3) is 0 Å². The molecule has 3 nitrogen and oxygen atoms in total. The Bertz CT molecular complexity index is 342. The lowest BCUT2D eigenvalue weighted by Crippen LogP contribution is -2.21. The summed E-state index contributed by atoms with van der Waals surface area (Å²) in [6, 6.07) is 6.81. The van der Waals surface area contributed by atoms with Crippen LogP contribution in [0, 0.1) is 0 Å². The number of benzene rings is 1. The topological polar surface area (TPSA) is 41.1 Å². The molecule has 0 radical (unpaired) electrons. The average Bonchev–Trinajstić information content (AvgIpc) is 2.21. The van der Waals surface area contributed by atoms with Gasteiger partial charge < -0.3 is 10.6 Å². The minimum Gasteiger partial charge on any atom is -0.321 e. The summed E-state index contributed by atoms with van der Waals surface area (Å²) in [6.45, 7) is 0.514. The molecule has 5 heteroatoms. The molecule has 0 atom stereocenters. The van der Waals surface area contributed by atoms with Crippen LogP contribution in [0.5, 0.6) is 0 Å². The summed E-state index contributed by atoms with van der Waals surface area (Å²) in [4.78, 5) is 10.8. The van der Waals surface area contributed by atoms with Crippen LogP contribution in [-0.4, -0.2) is 19.4 Å². The largest absolute Gasteiger partial charge is 0.321 e. The van der Waals surface area contributed by atoms with Gasteiger partial charge in [0.1, 0.15) is 0 Å². The van der Waals surface area contributed by atoms with Crippen molar-refractivity contribution in [3.8, 4) is 0 Å². The Morgan fingerprint density at radius 1 is 1.40 bits per heavy atom. The molecule has 0 spiro atoms. The molecule has 1 rings (SSSR count). The molecule has 0 unspecified atom stereocenters. The average molecular weight is 214 g/mol. The molecule has 15 heavy (non-hydrogen) atoms. The van der Waals surface area contributed by atoms with Crippen molar-refractivity contribution >= 4 is 11.6 Å². The van der Waals surface area contributed by atoms with Crippen molar-refractivity contribution in [3.63, 3.8) is 0 Å². The van der Waals surface area contributed by atoms with Crippen molar-refractivity contribution in [2.45, 2.75) is 13.0 Å². The van der Waals surface area contributed by atoms with Crippen molar-refractivity contribution in [2.24, 2.45) is 0 Å². The number of carbonyl (C=O) groups is 1. The van der Waals surface area contributed by atoms with Crippen molar-refractivity contribution in [2.75, 3.05) is 12.4 Å². The normalized spacial score (nSPS) is 10.4. The summed E-state index contributed by atoms with van der Waals surface area (Å²) in [6.07, 6.45) is -2.99. The van der Waals surface area contributed by atoms with E-state index in [1.807, 2.05) is 0 Å². The van der Waals surface area contributed by atoms with Gasteiger partial charge >= 0.3 is 6.43 Å². The maximum Gasteiger partial charge on any atom is 0.315 e. The molecular formula is C10H12F2N2O. The van der Waals surface area contributed by atoms with Gasteiger partial charge in [-0.3, -0.25) is 4.79 Å². The van der Waals surface area contributed by atoms with Crippen LogP contribution < -0.4 is 10.6 Å². The molecule has 82 valence electrons. The highest BCUT2D eigenvalue weighted by molar-refractivity contribution is 5.93. The van der Waals surface area contributed by atoms with Crippen LogP contribution >= 0.6 is 0 Å². The van der Waals surface area contributed by atoms with E-state index < -0.39 is 12.3 Å². The van der Waals surface area contributed by atoms with Crippen LogP contribution in [-0.2, 0) is 11.3 Å². The van der Waals surface area contributed by atoms with Gasteiger partial charge in [0.05, 0.1) is 0 Å². The predicted octanol–water partition coefficient (Wildman–Crippen LogP) is 1.61. The summed E-state index contributed by atoms with van der Waals surface area (Å²) in [5.74, 6) is -1.28. The minimum absolute atomic E-state index is 0.414. The predicted molar refractivity (Wildman–Crippen MR) is 53.8 cm³/mol. The standard InChI is InChI=1S/C10H12F2N2O/c1-13-6-7-4-2-3-5-8(7)14-10(15)9(11)12/h2-5,9,13H,6H2,1H3,(H,14,15). The van der Waals surface area contributed by atoms with Gasteiger partial charge in [-0.2, -0.15) is 8.78 Å². The Morgan fingerprint density at radius 2 is 2.07 bits per heavy atom. The summed E-state index contributed by atoms with van der Waals surface area (Å²) < 4.78 is 24.0. The molecule has 0 aliphatic carbocycles. The van der Waals surface area contributed by atoms with Crippen LogP contribution in [0.1, 0.15) is 5.56 Å². The van der Waals surface area contributed by atoms with E-state index in [4.69, 9.17) is 0 Å². The number of amides is 1. The highest BCUT2D eigenvalue weighted by Gasteiger charge is 2.15. The molecule has 2 N–H and O–H groups in total. The van der Waals surface area contributed by atoms with E-state index in [1.165, 1.54) is 0 Å². The van der Waals surface area contributed by atoms with Crippen molar-refractivity contribution in [1.29, 1.82) is 0 Å². The van der Waals surface area contributed by atoms with Gasteiger partial charge in [-0.05, 0) is 18.7 Å². The molecule has 0 bridgehead atoms. The Balaban J connectivity index is 2.79. The number of para-hydroxylation sites is 1. The van der Waals surface area contributed by atoms with E-state index in [1.54, 1.807) is 31.3 Å². The number of halogens is 2. The fourth-order valence-electron chi connectivity index (χ4n) is 1.17. The minimum atomic E-state index is -2.99. The molecule has 1 aromatic carbocycles. The Hall–Kier alpha value is -1.49. The first-order chi connectivity index (χ1) is 7.15. The van der Waals surface area contributed by atoms with Crippen LogP contribution in [0.3, 0.4) is 0 Å². The SMILES string of the molecule is CNCc1ccccc1NC(=O)C(F)F. The zero-order chi connectivity index (χ0) is 11.3. The van der Waals surface area contributed by atoms with Crippen molar-refractivity contribution in [3.05, 3.63) is 29.8 Å². The Morgan fingerprint density at radius 3 is 2.67 bits per heavy atom. The number of hydrogen-bond donors (Lipinski definition) is 2. The number of carbonyl (C=O) groups excluding carboxylic acids is 1. The van der Waals surface area contributed by atoms with Gasteiger partial charge in [0.15, 0.2) is 0 Å². The first-order valence-electron chi connectivity index (χ1n) is 4.46. The number of anilines is 1. The molecule has 0 fully saturated rings. The van der Waals surface area contributed by atoms with Gasteiger partial charge in [-0.25, -0.2) is 0 Å². The second-order valence-corrected chi connectivity index (χ2v) is 2.98. The third kappa shape index (κ3) is 3.28. The van der Waals surface area contributed by atoms with Crippen molar-refractivity contribution < 1.29 is 13.6 Å². The molecule has 1 aromatic rings. The lowest BCUT2D eigenvalue weighted by atomic mass is 10.2. The highest BCUT2D eigenvalue weighted by Crippen LogP contribution is 2.15. The van der Waals surface area contributed by atoms with Crippen LogP contribution in [0.2, 0.25) is 0 Å². The second kappa shape index (κ2) is 5.41. The monoisotopic (exact) mass is 214 g/mol. The first-order valence-corrected chi connectivity index (χ1v) is 4.46. The van der Waals surface area contributed by atoms with E-state index >= 15 is 0 Å². The molecular weight excluding hydrogens is 202 g/mol. The number of alkyl halides is 2.